The van der Waals surface area contributed by atoms with Crippen LogP contribution in [0.2, 0.25) is 0 Å². The van der Waals surface area contributed by atoms with Crippen molar-refractivity contribution in [3.05, 3.63) is 52.5 Å². The van der Waals surface area contributed by atoms with Crippen LogP contribution in [0, 0.1) is 0 Å². The quantitative estimate of drug-likeness (QED) is 0.832. The molecule has 0 bridgehead atoms. The summed E-state index contributed by atoms with van der Waals surface area (Å²) in [6, 6.07) is 8.35. The average molecular weight is 265 g/mol. The Morgan fingerprint density at radius 3 is 3.00 bits per heavy atom. The maximum absolute atomic E-state index is 4.36. The fourth-order valence-corrected chi connectivity index (χ4v) is 2.07. The Bertz CT molecular complexity index is 448. The van der Waals surface area contributed by atoms with Crippen molar-refractivity contribution >= 4 is 15.9 Å². The van der Waals surface area contributed by atoms with Crippen LogP contribution in [0.4, 0.5) is 0 Å². The normalized spacial score (nSPS) is 10.5. The van der Waals surface area contributed by atoms with E-state index >= 15 is 0 Å². The summed E-state index contributed by atoms with van der Waals surface area (Å²) in [6.07, 6.45) is 4.77. The van der Waals surface area contributed by atoms with Gasteiger partial charge in [-0.3, -0.25) is 0 Å². The molecule has 2 rings (SSSR count). The van der Waals surface area contributed by atoms with Gasteiger partial charge in [0.1, 0.15) is 5.82 Å². The summed E-state index contributed by atoms with van der Waals surface area (Å²) in [5.41, 5.74) is 1.28. The minimum Gasteiger partial charge on any atom is -0.335 e. The first-order valence-electron chi connectivity index (χ1n) is 5.04. The third-order valence-corrected chi connectivity index (χ3v) is 2.89. The SMILES string of the molecule is CCn1ccnc1Cc1cccc(Br)c1. The van der Waals surface area contributed by atoms with Gasteiger partial charge in [-0.05, 0) is 24.6 Å². The first-order valence-corrected chi connectivity index (χ1v) is 5.83. The van der Waals surface area contributed by atoms with Crippen LogP contribution in [0.25, 0.3) is 0 Å². The van der Waals surface area contributed by atoms with E-state index in [1.54, 1.807) is 0 Å². The molecular weight excluding hydrogens is 252 g/mol. The highest BCUT2D eigenvalue weighted by Gasteiger charge is 2.02. The molecule has 0 fully saturated rings. The Balaban J connectivity index is 2.22. The van der Waals surface area contributed by atoms with Gasteiger partial charge in [0.2, 0.25) is 0 Å². The molecule has 0 aliphatic carbocycles. The van der Waals surface area contributed by atoms with Gasteiger partial charge in [-0.1, -0.05) is 28.1 Å². The summed E-state index contributed by atoms with van der Waals surface area (Å²) in [5, 5.41) is 0. The number of benzene rings is 1. The number of aromatic nitrogens is 2. The highest BCUT2D eigenvalue weighted by Crippen LogP contribution is 2.14. The molecule has 1 aromatic heterocycles. The van der Waals surface area contributed by atoms with E-state index in [1.165, 1.54) is 5.56 Å². The molecule has 2 aromatic rings. The number of halogens is 1. The van der Waals surface area contributed by atoms with Crippen LogP contribution >= 0.6 is 15.9 Å². The number of nitrogens with zero attached hydrogens (tertiary/aromatic N) is 2. The number of imidazole rings is 1. The second-order valence-corrected chi connectivity index (χ2v) is 4.35. The first kappa shape index (κ1) is 10.4. The Kier molecular flexibility index (Phi) is 3.21. The summed E-state index contributed by atoms with van der Waals surface area (Å²) >= 11 is 3.47. The summed E-state index contributed by atoms with van der Waals surface area (Å²) in [4.78, 5) is 4.36. The van der Waals surface area contributed by atoms with Crippen molar-refractivity contribution in [1.29, 1.82) is 0 Å². The smallest absolute Gasteiger partial charge is 0.113 e. The van der Waals surface area contributed by atoms with Gasteiger partial charge in [-0.15, -0.1) is 0 Å². The number of aryl methyl sites for hydroxylation is 1. The number of hydrogen-bond acceptors (Lipinski definition) is 1. The van der Waals surface area contributed by atoms with Crippen LogP contribution in [-0.2, 0) is 13.0 Å². The number of hydrogen-bond donors (Lipinski definition) is 0. The third kappa shape index (κ3) is 2.48. The van der Waals surface area contributed by atoms with Crippen molar-refractivity contribution in [2.24, 2.45) is 0 Å². The molecule has 2 nitrogen and oxygen atoms in total. The van der Waals surface area contributed by atoms with E-state index in [-0.39, 0.29) is 0 Å². The molecule has 78 valence electrons. The zero-order valence-electron chi connectivity index (χ0n) is 8.65. The topological polar surface area (TPSA) is 17.8 Å². The Morgan fingerprint density at radius 1 is 1.40 bits per heavy atom. The first-order chi connectivity index (χ1) is 7.29. The predicted octanol–water partition coefficient (Wildman–Crippen LogP) is 3.26. The fourth-order valence-electron chi connectivity index (χ4n) is 1.62. The van der Waals surface area contributed by atoms with Gasteiger partial charge < -0.3 is 4.57 Å². The van der Waals surface area contributed by atoms with Gasteiger partial charge in [0.15, 0.2) is 0 Å². The lowest BCUT2D eigenvalue weighted by Gasteiger charge is -2.04. The van der Waals surface area contributed by atoms with Crippen LogP contribution in [0.5, 0.6) is 0 Å². The molecular formula is C12H13BrN2. The molecule has 1 aromatic carbocycles. The monoisotopic (exact) mass is 264 g/mol. The van der Waals surface area contributed by atoms with Crippen LogP contribution < -0.4 is 0 Å². The molecule has 0 radical (unpaired) electrons. The summed E-state index contributed by atoms with van der Waals surface area (Å²) < 4.78 is 3.29. The maximum atomic E-state index is 4.36. The van der Waals surface area contributed by atoms with Crippen LogP contribution in [0.3, 0.4) is 0 Å². The van der Waals surface area contributed by atoms with E-state index in [2.05, 4.69) is 50.6 Å². The van der Waals surface area contributed by atoms with Crippen molar-refractivity contribution in [3.8, 4) is 0 Å². The number of rotatable bonds is 3. The average Bonchev–Trinajstić information content (AvgIpc) is 2.65. The molecule has 0 saturated carbocycles. The summed E-state index contributed by atoms with van der Waals surface area (Å²) in [6.45, 7) is 3.11. The van der Waals surface area contributed by atoms with Gasteiger partial charge in [-0.25, -0.2) is 4.98 Å². The molecule has 15 heavy (non-hydrogen) atoms. The van der Waals surface area contributed by atoms with E-state index in [1.807, 2.05) is 18.5 Å². The van der Waals surface area contributed by atoms with Crippen LogP contribution in [-0.4, -0.2) is 9.55 Å². The Labute approximate surface area is 98.1 Å². The minimum atomic E-state index is 0.889. The molecule has 0 spiro atoms. The molecule has 0 atom stereocenters. The standard InChI is InChI=1S/C12H13BrN2/c1-2-15-7-6-14-12(15)9-10-4-3-5-11(13)8-10/h3-8H,2,9H2,1H3. The molecule has 0 N–H and O–H groups in total. The van der Waals surface area contributed by atoms with E-state index in [0.29, 0.717) is 0 Å². The summed E-state index contributed by atoms with van der Waals surface area (Å²) in [5.74, 6) is 1.12. The zero-order valence-corrected chi connectivity index (χ0v) is 10.2. The van der Waals surface area contributed by atoms with Crippen LogP contribution in [0.15, 0.2) is 41.1 Å². The molecule has 0 aliphatic heterocycles. The van der Waals surface area contributed by atoms with Gasteiger partial charge in [0.05, 0.1) is 0 Å². The molecule has 0 aliphatic rings. The Morgan fingerprint density at radius 2 is 2.27 bits per heavy atom. The van der Waals surface area contributed by atoms with Crippen LogP contribution in [0.1, 0.15) is 18.3 Å². The van der Waals surface area contributed by atoms with E-state index in [4.69, 9.17) is 0 Å². The van der Waals surface area contributed by atoms with Crippen molar-refractivity contribution in [2.75, 3.05) is 0 Å². The van der Waals surface area contributed by atoms with Crippen molar-refractivity contribution in [1.82, 2.24) is 9.55 Å². The highest BCUT2D eigenvalue weighted by molar-refractivity contribution is 9.10. The lowest BCUT2D eigenvalue weighted by Crippen LogP contribution is -2.01. The maximum Gasteiger partial charge on any atom is 0.113 e. The van der Waals surface area contributed by atoms with Gasteiger partial charge in [-0.2, -0.15) is 0 Å². The van der Waals surface area contributed by atoms with Crippen molar-refractivity contribution in [3.63, 3.8) is 0 Å². The largest absolute Gasteiger partial charge is 0.335 e. The van der Waals surface area contributed by atoms with E-state index in [9.17, 15) is 0 Å². The minimum absolute atomic E-state index is 0.889. The predicted molar refractivity (Wildman–Crippen MR) is 64.8 cm³/mol. The van der Waals surface area contributed by atoms with Crippen molar-refractivity contribution < 1.29 is 0 Å². The molecule has 0 saturated heterocycles. The molecule has 0 unspecified atom stereocenters. The van der Waals surface area contributed by atoms with Gasteiger partial charge >= 0.3 is 0 Å². The van der Waals surface area contributed by atoms with E-state index < -0.39 is 0 Å². The lowest BCUT2D eigenvalue weighted by atomic mass is 10.1. The summed E-state index contributed by atoms with van der Waals surface area (Å²) in [7, 11) is 0. The lowest BCUT2D eigenvalue weighted by molar-refractivity contribution is 0.712. The molecule has 0 amide bonds. The highest BCUT2D eigenvalue weighted by atomic mass is 79.9. The zero-order chi connectivity index (χ0) is 10.7. The second-order valence-electron chi connectivity index (χ2n) is 3.44. The van der Waals surface area contributed by atoms with Crippen molar-refractivity contribution in [2.45, 2.75) is 19.9 Å². The van der Waals surface area contributed by atoms with Gasteiger partial charge in [0.25, 0.3) is 0 Å². The fraction of sp³-hybridized carbons (Fsp3) is 0.250. The third-order valence-electron chi connectivity index (χ3n) is 2.39. The van der Waals surface area contributed by atoms with Gasteiger partial charge in [0, 0.05) is 29.8 Å². The molecule has 1 heterocycles. The van der Waals surface area contributed by atoms with E-state index in [0.717, 1.165) is 23.3 Å². The molecule has 3 heteroatoms. The Hall–Kier alpha value is -1.09. The second kappa shape index (κ2) is 4.62.